The molecule has 2 rings (SSSR count). The Labute approximate surface area is 111 Å². The molecular weight excluding hydrogens is 248 g/mol. The number of hydrogen-bond acceptors (Lipinski definition) is 3. The number of rotatable bonds is 6. The summed E-state index contributed by atoms with van der Waals surface area (Å²) in [6.07, 6.45) is 4.60. The van der Waals surface area contributed by atoms with Gasteiger partial charge < -0.3 is 20.2 Å². The predicted molar refractivity (Wildman–Crippen MR) is 67.8 cm³/mol. The Hall–Kier alpha value is -1.98. The maximum absolute atomic E-state index is 11.7. The summed E-state index contributed by atoms with van der Waals surface area (Å²) in [5.41, 5.74) is -0.555. The topological polar surface area (TPSA) is 91.6 Å². The highest BCUT2D eigenvalue weighted by molar-refractivity contribution is 5.77. The molecule has 2 amide bonds. The lowest BCUT2D eigenvalue weighted by atomic mass is 9.74. The number of amides is 2. The third-order valence-electron chi connectivity index (χ3n) is 3.42. The fraction of sp³-hybridized carbons (Fsp3) is 0.538. The highest BCUT2D eigenvalue weighted by atomic mass is 16.4. The highest BCUT2D eigenvalue weighted by Gasteiger charge is 2.40. The molecule has 6 heteroatoms. The van der Waals surface area contributed by atoms with Crippen molar-refractivity contribution >= 4 is 12.0 Å². The average Bonchev–Trinajstić information content (AvgIpc) is 2.78. The standard InChI is InChI=1S/C13H18N2O4/c16-11(17)9-13(5-2-6-13)15-12(18)14-7-4-10-3-1-8-19-10/h1,3,8H,2,4-7,9H2,(H,16,17)(H2,14,15,18). The summed E-state index contributed by atoms with van der Waals surface area (Å²) in [4.78, 5) is 22.5. The molecule has 6 nitrogen and oxygen atoms in total. The van der Waals surface area contributed by atoms with Crippen LogP contribution < -0.4 is 10.6 Å². The van der Waals surface area contributed by atoms with E-state index in [1.165, 1.54) is 0 Å². The number of urea groups is 1. The van der Waals surface area contributed by atoms with Gasteiger partial charge in [0.05, 0.1) is 18.2 Å². The van der Waals surface area contributed by atoms with Crippen molar-refractivity contribution < 1.29 is 19.1 Å². The van der Waals surface area contributed by atoms with Gasteiger partial charge in [0.1, 0.15) is 5.76 Å². The smallest absolute Gasteiger partial charge is 0.315 e. The molecule has 1 heterocycles. The van der Waals surface area contributed by atoms with Gasteiger partial charge in [0.2, 0.25) is 0 Å². The van der Waals surface area contributed by atoms with E-state index in [-0.39, 0.29) is 12.5 Å². The molecule has 104 valence electrons. The normalized spacial score (nSPS) is 16.4. The first-order chi connectivity index (χ1) is 9.10. The van der Waals surface area contributed by atoms with E-state index in [1.807, 2.05) is 6.07 Å². The minimum atomic E-state index is -0.879. The molecule has 0 aromatic carbocycles. The minimum absolute atomic E-state index is 0.0153. The van der Waals surface area contributed by atoms with Gasteiger partial charge in [-0.25, -0.2) is 4.79 Å². The zero-order valence-corrected chi connectivity index (χ0v) is 10.6. The van der Waals surface area contributed by atoms with Crippen LogP contribution in [0, 0.1) is 0 Å². The summed E-state index contributed by atoms with van der Waals surface area (Å²) in [5, 5.41) is 14.3. The largest absolute Gasteiger partial charge is 0.481 e. The highest BCUT2D eigenvalue weighted by Crippen LogP contribution is 2.34. The monoisotopic (exact) mass is 266 g/mol. The third-order valence-corrected chi connectivity index (χ3v) is 3.42. The second kappa shape index (κ2) is 5.77. The second-order valence-corrected chi connectivity index (χ2v) is 4.91. The first-order valence-corrected chi connectivity index (χ1v) is 6.40. The van der Waals surface area contributed by atoms with E-state index in [0.717, 1.165) is 25.0 Å². The van der Waals surface area contributed by atoms with Crippen molar-refractivity contribution in [3.05, 3.63) is 24.2 Å². The Balaban J connectivity index is 1.72. The van der Waals surface area contributed by atoms with Crippen molar-refractivity contribution in [3.8, 4) is 0 Å². The number of carboxylic acids is 1. The van der Waals surface area contributed by atoms with Gasteiger partial charge in [0.25, 0.3) is 0 Å². The number of aliphatic carboxylic acids is 1. The molecule has 3 N–H and O–H groups in total. The van der Waals surface area contributed by atoms with E-state index in [1.54, 1.807) is 12.3 Å². The Kier molecular flexibility index (Phi) is 4.09. The van der Waals surface area contributed by atoms with Crippen molar-refractivity contribution in [2.45, 2.75) is 37.6 Å². The summed E-state index contributed by atoms with van der Waals surface area (Å²) < 4.78 is 5.15. The molecule has 0 atom stereocenters. The van der Waals surface area contributed by atoms with Crippen LogP contribution in [-0.2, 0) is 11.2 Å². The molecule has 0 aliphatic heterocycles. The molecule has 1 aliphatic rings. The Morgan fingerprint density at radius 2 is 2.21 bits per heavy atom. The lowest BCUT2D eigenvalue weighted by Crippen LogP contribution is -2.57. The van der Waals surface area contributed by atoms with E-state index in [0.29, 0.717) is 13.0 Å². The number of nitrogens with one attached hydrogen (secondary N) is 2. The third kappa shape index (κ3) is 3.74. The number of carbonyl (C=O) groups is 2. The number of carbonyl (C=O) groups excluding carboxylic acids is 1. The van der Waals surface area contributed by atoms with Crippen LogP contribution in [0.5, 0.6) is 0 Å². The van der Waals surface area contributed by atoms with Crippen LogP contribution in [0.2, 0.25) is 0 Å². The first-order valence-electron chi connectivity index (χ1n) is 6.40. The summed E-state index contributed by atoms with van der Waals surface area (Å²) in [6, 6.07) is 3.33. The van der Waals surface area contributed by atoms with E-state index in [9.17, 15) is 9.59 Å². The van der Waals surface area contributed by atoms with Crippen LogP contribution in [0.25, 0.3) is 0 Å². The molecule has 1 saturated carbocycles. The lowest BCUT2D eigenvalue weighted by Gasteiger charge is -2.41. The maximum atomic E-state index is 11.7. The molecule has 0 saturated heterocycles. The van der Waals surface area contributed by atoms with Gasteiger partial charge in [-0.3, -0.25) is 4.79 Å². The Morgan fingerprint density at radius 3 is 2.74 bits per heavy atom. The number of furan rings is 1. The molecule has 0 unspecified atom stereocenters. The Bertz CT molecular complexity index is 438. The SMILES string of the molecule is O=C(O)CC1(NC(=O)NCCc2ccco2)CCC1. The van der Waals surface area contributed by atoms with E-state index >= 15 is 0 Å². The zero-order chi connectivity index (χ0) is 13.7. The van der Waals surface area contributed by atoms with Crippen LogP contribution in [0.15, 0.2) is 22.8 Å². The number of carboxylic acid groups (broad SMARTS) is 1. The fourth-order valence-electron chi connectivity index (χ4n) is 2.28. The molecule has 1 aromatic heterocycles. The van der Waals surface area contributed by atoms with Gasteiger partial charge in [0, 0.05) is 13.0 Å². The van der Waals surface area contributed by atoms with Crippen molar-refractivity contribution in [1.29, 1.82) is 0 Å². The summed E-state index contributed by atoms with van der Waals surface area (Å²) in [6.45, 7) is 0.461. The first kappa shape index (κ1) is 13.5. The molecular formula is C13H18N2O4. The van der Waals surface area contributed by atoms with Crippen LogP contribution in [0.3, 0.4) is 0 Å². The summed E-state index contributed by atoms with van der Waals surface area (Å²) in [7, 11) is 0. The van der Waals surface area contributed by atoms with Crippen molar-refractivity contribution in [2.75, 3.05) is 6.54 Å². The van der Waals surface area contributed by atoms with E-state index in [4.69, 9.17) is 9.52 Å². The molecule has 1 aliphatic carbocycles. The zero-order valence-electron chi connectivity index (χ0n) is 10.6. The van der Waals surface area contributed by atoms with Gasteiger partial charge in [0.15, 0.2) is 0 Å². The number of hydrogen-bond donors (Lipinski definition) is 3. The fourth-order valence-corrected chi connectivity index (χ4v) is 2.28. The molecule has 19 heavy (non-hydrogen) atoms. The van der Waals surface area contributed by atoms with Crippen molar-refractivity contribution in [3.63, 3.8) is 0 Å². The van der Waals surface area contributed by atoms with E-state index in [2.05, 4.69) is 10.6 Å². The molecule has 0 bridgehead atoms. The second-order valence-electron chi connectivity index (χ2n) is 4.91. The quantitative estimate of drug-likeness (QED) is 0.728. The van der Waals surface area contributed by atoms with Crippen LogP contribution in [0.4, 0.5) is 4.79 Å². The van der Waals surface area contributed by atoms with Gasteiger partial charge in [-0.2, -0.15) is 0 Å². The van der Waals surface area contributed by atoms with Gasteiger partial charge in [-0.05, 0) is 31.4 Å². The van der Waals surface area contributed by atoms with Gasteiger partial charge >= 0.3 is 12.0 Å². The van der Waals surface area contributed by atoms with Crippen LogP contribution in [-0.4, -0.2) is 29.2 Å². The van der Waals surface area contributed by atoms with Crippen LogP contribution >= 0.6 is 0 Å². The molecule has 1 aromatic rings. The molecule has 0 spiro atoms. The van der Waals surface area contributed by atoms with Gasteiger partial charge in [-0.1, -0.05) is 0 Å². The summed E-state index contributed by atoms with van der Waals surface area (Å²) >= 11 is 0. The maximum Gasteiger partial charge on any atom is 0.315 e. The lowest BCUT2D eigenvalue weighted by molar-refractivity contribution is -0.139. The van der Waals surface area contributed by atoms with Crippen molar-refractivity contribution in [2.24, 2.45) is 0 Å². The predicted octanol–water partition coefficient (Wildman–Crippen LogP) is 1.52. The summed E-state index contributed by atoms with van der Waals surface area (Å²) in [5.74, 6) is -0.0696. The van der Waals surface area contributed by atoms with Crippen LogP contribution in [0.1, 0.15) is 31.4 Å². The Morgan fingerprint density at radius 1 is 1.42 bits per heavy atom. The minimum Gasteiger partial charge on any atom is -0.481 e. The molecule has 1 fully saturated rings. The molecule has 0 radical (unpaired) electrons. The van der Waals surface area contributed by atoms with Crippen molar-refractivity contribution in [1.82, 2.24) is 10.6 Å². The average molecular weight is 266 g/mol. The van der Waals surface area contributed by atoms with E-state index < -0.39 is 11.5 Å². The van der Waals surface area contributed by atoms with Gasteiger partial charge in [-0.15, -0.1) is 0 Å².